The molecule has 1 spiro atoms. The zero-order valence-electron chi connectivity index (χ0n) is 16.2. The van der Waals surface area contributed by atoms with Crippen molar-refractivity contribution in [2.45, 2.75) is 50.4 Å². The smallest absolute Gasteiger partial charge is 0.410 e. The molecule has 1 amide bonds. The molecule has 28 heavy (non-hydrogen) atoms. The van der Waals surface area contributed by atoms with Crippen molar-refractivity contribution >= 4 is 12.1 Å². The van der Waals surface area contributed by atoms with Crippen LogP contribution in [0.4, 0.5) is 4.79 Å². The first-order valence-electron chi connectivity index (χ1n) is 9.92. The summed E-state index contributed by atoms with van der Waals surface area (Å²) in [6.07, 6.45) is 1.70. The van der Waals surface area contributed by atoms with Crippen molar-refractivity contribution in [1.29, 1.82) is 0 Å². The van der Waals surface area contributed by atoms with Crippen LogP contribution in [-0.2, 0) is 25.6 Å². The molecule has 5 rings (SSSR count). The monoisotopic (exact) mass is 389 g/mol. The number of benzene rings is 1. The summed E-state index contributed by atoms with van der Waals surface area (Å²) < 4.78 is 17.1. The molecule has 1 saturated carbocycles. The molecule has 4 fully saturated rings. The summed E-state index contributed by atoms with van der Waals surface area (Å²) in [7, 11) is 0. The fraction of sp³-hybridized carbons (Fsp3) is 0.619. The quantitative estimate of drug-likeness (QED) is 0.778. The third kappa shape index (κ3) is 2.88. The van der Waals surface area contributed by atoms with Crippen LogP contribution in [0.5, 0.6) is 0 Å². The molecule has 3 heterocycles. The lowest BCUT2D eigenvalue weighted by atomic mass is 9.54. The summed E-state index contributed by atoms with van der Waals surface area (Å²) in [4.78, 5) is 26.8. The molecule has 2 bridgehead atoms. The van der Waals surface area contributed by atoms with E-state index in [2.05, 4.69) is 0 Å². The summed E-state index contributed by atoms with van der Waals surface area (Å²) in [6.45, 7) is 3.16. The number of carbonyl (C=O) groups excluding carboxylic acids is 2. The first-order valence-corrected chi connectivity index (χ1v) is 9.92. The van der Waals surface area contributed by atoms with E-state index in [9.17, 15) is 14.7 Å². The lowest BCUT2D eigenvalue weighted by Crippen LogP contribution is -2.59. The zero-order chi connectivity index (χ0) is 19.8. The van der Waals surface area contributed by atoms with Crippen LogP contribution < -0.4 is 0 Å². The van der Waals surface area contributed by atoms with Crippen molar-refractivity contribution in [1.82, 2.24) is 4.90 Å². The van der Waals surface area contributed by atoms with Gasteiger partial charge >= 0.3 is 12.1 Å². The zero-order valence-corrected chi connectivity index (χ0v) is 16.2. The number of hydrogen-bond acceptors (Lipinski definition) is 6. The Bertz CT molecular complexity index is 735. The van der Waals surface area contributed by atoms with Gasteiger partial charge in [-0.15, -0.1) is 0 Å². The Morgan fingerprint density at radius 2 is 1.82 bits per heavy atom. The molecule has 0 unspecified atom stereocenters. The van der Waals surface area contributed by atoms with E-state index in [0.29, 0.717) is 45.4 Å². The second kappa shape index (κ2) is 7.04. The molecule has 3 saturated heterocycles. The van der Waals surface area contributed by atoms with Crippen LogP contribution >= 0.6 is 0 Å². The largest absolute Gasteiger partial charge is 0.465 e. The molecule has 152 valence electrons. The minimum atomic E-state index is -0.703. The maximum Gasteiger partial charge on any atom is 0.410 e. The summed E-state index contributed by atoms with van der Waals surface area (Å²) in [6, 6.07) is 9.55. The van der Waals surface area contributed by atoms with Crippen LogP contribution in [0.1, 0.15) is 38.2 Å². The Morgan fingerprint density at radius 3 is 2.43 bits per heavy atom. The molecule has 0 radical (unpaired) electrons. The highest BCUT2D eigenvalue weighted by Gasteiger charge is 2.78. The second-order valence-corrected chi connectivity index (χ2v) is 8.12. The number of piperidine rings is 1. The number of aliphatic hydroxyl groups is 1. The van der Waals surface area contributed by atoms with Gasteiger partial charge in [0, 0.05) is 13.1 Å². The molecule has 3 aliphatic heterocycles. The molecule has 1 aliphatic carbocycles. The van der Waals surface area contributed by atoms with Gasteiger partial charge in [0.2, 0.25) is 0 Å². The lowest BCUT2D eigenvalue weighted by molar-refractivity contribution is -0.167. The van der Waals surface area contributed by atoms with Crippen molar-refractivity contribution in [2.24, 2.45) is 5.41 Å². The van der Waals surface area contributed by atoms with Crippen molar-refractivity contribution < 1.29 is 28.9 Å². The third-order valence-corrected chi connectivity index (χ3v) is 6.52. The molecule has 1 N–H and O–H groups in total. The topological polar surface area (TPSA) is 85.3 Å². The Balaban J connectivity index is 1.40. The van der Waals surface area contributed by atoms with E-state index in [1.165, 1.54) is 0 Å². The van der Waals surface area contributed by atoms with Gasteiger partial charge in [0.15, 0.2) is 0 Å². The van der Waals surface area contributed by atoms with Crippen LogP contribution in [0.25, 0.3) is 0 Å². The highest BCUT2D eigenvalue weighted by Crippen LogP contribution is 2.69. The van der Waals surface area contributed by atoms with Crippen molar-refractivity contribution in [3.8, 4) is 0 Å². The van der Waals surface area contributed by atoms with Gasteiger partial charge in [0.05, 0.1) is 24.4 Å². The average molecular weight is 389 g/mol. The summed E-state index contributed by atoms with van der Waals surface area (Å²) in [5.41, 5.74) is -1.07. The maximum atomic E-state index is 12.7. The number of ether oxygens (including phenoxy) is 3. The summed E-state index contributed by atoms with van der Waals surface area (Å²) >= 11 is 0. The van der Waals surface area contributed by atoms with Gasteiger partial charge in [-0.25, -0.2) is 4.79 Å². The predicted molar refractivity (Wildman–Crippen MR) is 99.4 cm³/mol. The van der Waals surface area contributed by atoms with E-state index in [0.717, 1.165) is 5.56 Å². The van der Waals surface area contributed by atoms with Crippen molar-refractivity contribution in [3.05, 3.63) is 35.9 Å². The SMILES string of the molecule is CCOC(=O)C12CC(CO)(C1)OC21CCN(C(=O)OCc2ccccc2)CC1. The molecule has 0 atom stereocenters. The van der Waals surface area contributed by atoms with Gasteiger partial charge in [-0.2, -0.15) is 0 Å². The van der Waals surface area contributed by atoms with E-state index in [1.54, 1.807) is 11.8 Å². The van der Waals surface area contributed by atoms with E-state index < -0.39 is 16.6 Å². The third-order valence-electron chi connectivity index (χ3n) is 6.52. The predicted octanol–water partition coefficient (Wildman–Crippen LogP) is 2.26. The molecule has 1 aromatic carbocycles. The van der Waals surface area contributed by atoms with Crippen molar-refractivity contribution in [2.75, 3.05) is 26.3 Å². The van der Waals surface area contributed by atoms with E-state index in [-0.39, 0.29) is 25.3 Å². The summed E-state index contributed by atoms with van der Waals surface area (Å²) in [5, 5.41) is 9.76. The van der Waals surface area contributed by atoms with Gasteiger partial charge in [-0.1, -0.05) is 30.3 Å². The van der Waals surface area contributed by atoms with Gasteiger partial charge < -0.3 is 24.2 Å². The first kappa shape index (κ1) is 19.2. The fourth-order valence-corrected chi connectivity index (χ4v) is 5.14. The molecule has 7 nitrogen and oxygen atoms in total. The number of esters is 1. The second-order valence-electron chi connectivity index (χ2n) is 8.12. The lowest BCUT2D eigenvalue weighted by Gasteiger charge is -2.47. The molecule has 1 aromatic rings. The van der Waals surface area contributed by atoms with E-state index in [4.69, 9.17) is 14.2 Å². The van der Waals surface area contributed by atoms with Crippen LogP contribution in [0, 0.1) is 5.41 Å². The standard InChI is InChI=1S/C21H27NO6/c1-2-26-17(24)20-13-19(14-20,15-23)28-21(20)8-10-22(11-9-21)18(25)27-12-16-6-4-3-5-7-16/h3-7,23H,2,8-15H2,1H3. The molecule has 0 aromatic heterocycles. The first-order chi connectivity index (χ1) is 13.5. The van der Waals surface area contributed by atoms with Gasteiger partial charge in [0.1, 0.15) is 12.0 Å². The van der Waals surface area contributed by atoms with Crippen LogP contribution in [-0.4, -0.2) is 59.6 Å². The number of nitrogens with zero attached hydrogens (tertiary/aromatic N) is 1. The van der Waals surface area contributed by atoms with E-state index in [1.807, 2.05) is 30.3 Å². The van der Waals surface area contributed by atoms with Gasteiger partial charge in [0.25, 0.3) is 0 Å². The Morgan fingerprint density at radius 1 is 1.14 bits per heavy atom. The number of likely N-dealkylation sites (tertiary alicyclic amines) is 1. The van der Waals surface area contributed by atoms with Gasteiger partial charge in [-0.3, -0.25) is 4.79 Å². The molecule has 7 heteroatoms. The number of carbonyl (C=O) groups is 2. The number of rotatable bonds is 5. The average Bonchev–Trinajstić information content (AvgIpc) is 3.12. The Hall–Kier alpha value is -2.12. The summed E-state index contributed by atoms with van der Waals surface area (Å²) in [5.74, 6) is -0.239. The molecule has 4 aliphatic rings. The van der Waals surface area contributed by atoms with Crippen LogP contribution in [0.15, 0.2) is 30.3 Å². The van der Waals surface area contributed by atoms with Crippen LogP contribution in [0.3, 0.4) is 0 Å². The molecular weight excluding hydrogens is 362 g/mol. The number of hydrogen-bond donors (Lipinski definition) is 1. The highest BCUT2D eigenvalue weighted by atomic mass is 16.6. The minimum Gasteiger partial charge on any atom is -0.465 e. The fourth-order valence-electron chi connectivity index (χ4n) is 5.14. The van der Waals surface area contributed by atoms with Crippen molar-refractivity contribution in [3.63, 3.8) is 0 Å². The van der Waals surface area contributed by atoms with Gasteiger partial charge in [-0.05, 0) is 38.2 Å². The Labute approximate surface area is 164 Å². The maximum absolute atomic E-state index is 12.7. The van der Waals surface area contributed by atoms with Crippen LogP contribution in [0.2, 0.25) is 0 Å². The highest BCUT2D eigenvalue weighted by molar-refractivity contribution is 5.82. The number of aliphatic hydroxyl groups excluding tert-OH is 1. The Kier molecular flexibility index (Phi) is 4.83. The minimum absolute atomic E-state index is 0.0985. The number of amides is 1. The normalized spacial score (nSPS) is 30.0. The molecular formula is C21H27NO6. The van der Waals surface area contributed by atoms with E-state index >= 15 is 0 Å².